The number of para-hydroxylation sites is 2. The largest absolute Gasteiger partial charge is 0.495 e. The van der Waals surface area contributed by atoms with Crippen molar-refractivity contribution in [1.29, 1.82) is 0 Å². The first-order chi connectivity index (χ1) is 21.8. The molecule has 4 rings (SSSR count). The first-order valence-corrected chi connectivity index (χ1v) is 16.3. The normalized spacial score (nSPS) is 12.2. The summed E-state index contributed by atoms with van der Waals surface area (Å²) in [5.41, 5.74) is 1.80. The monoisotopic (exact) mass is 645 g/mol. The van der Waals surface area contributed by atoms with Gasteiger partial charge in [0.2, 0.25) is 11.8 Å². The summed E-state index contributed by atoms with van der Waals surface area (Å²) in [6.45, 7) is 6.67. The van der Waals surface area contributed by atoms with Gasteiger partial charge in [-0.15, -0.1) is 0 Å². The molecule has 8 nitrogen and oxygen atoms in total. The summed E-state index contributed by atoms with van der Waals surface area (Å²) in [5.74, 6) is -1.23. The molecule has 0 saturated carbocycles. The lowest BCUT2D eigenvalue weighted by molar-refractivity contribution is -0.140. The van der Waals surface area contributed by atoms with Crippen LogP contribution in [0.1, 0.15) is 37.5 Å². The Kier molecular flexibility index (Phi) is 10.8. The van der Waals surface area contributed by atoms with Gasteiger partial charge in [0.25, 0.3) is 10.0 Å². The van der Waals surface area contributed by atoms with Crippen molar-refractivity contribution in [1.82, 2.24) is 10.2 Å². The van der Waals surface area contributed by atoms with Crippen LogP contribution < -0.4 is 14.4 Å². The minimum atomic E-state index is -4.29. The number of rotatable bonds is 12. The van der Waals surface area contributed by atoms with Crippen LogP contribution in [0.25, 0.3) is 0 Å². The molecule has 0 aliphatic rings. The Morgan fingerprint density at radius 3 is 2.07 bits per heavy atom. The molecule has 0 aliphatic carbocycles. The summed E-state index contributed by atoms with van der Waals surface area (Å²) >= 11 is 0. The van der Waals surface area contributed by atoms with Crippen molar-refractivity contribution in [3.8, 4) is 5.75 Å². The van der Waals surface area contributed by atoms with Gasteiger partial charge in [0.1, 0.15) is 24.2 Å². The highest BCUT2D eigenvalue weighted by Gasteiger charge is 2.36. The van der Waals surface area contributed by atoms with E-state index in [2.05, 4.69) is 5.32 Å². The number of methoxy groups -OCH3 is 1. The predicted molar refractivity (Wildman–Crippen MR) is 177 cm³/mol. The Labute approximate surface area is 270 Å². The summed E-state index contributed by atoms with van der Waals surface area (Å²) in [4.78, 5) is 29.9. The first-order valence-electron chi connectivity index (χ1n) is 14.9. The third kappa shape index (κ3) is 8.72. The minimum absolute atomic E-state index is 0.00629. The summed E-state index contributed by atoms with van der Waals surface area (Å²) in [6.07, 6.45) is 0.162. The van der Waals surface area contributed by atoms with Crippen molar-refractivity contribution in [3.05, 3.63) is 126 Å². The average Bonchev–Trinajstić information content (AvgIpc) is 3.02. The number of sulfonamides is 1. The van der Waals surface area contributed by atoms with Gasteiger partial charge in [0.15, 0.2) is 0 Å². The number of hydrogen-bond acceptors (Lipinski definition) is 5. The summed E-state index contributed by atoms with van der Waals surface area (Å²) in [5, 5.41) is 2.99. The van der Waals surface area contributed by atoms with Gasteiger partial charge in [0, 0.05) is 18.5 Å². The van der Waals surface area contributed by atoms with E-state index in [1.54, 1.807) is 36.4 Å². The number of carbonyl (C=O) groups excluding carboxylic acids is 2. The van der Waals surface area contributed by atoms with E-state index in [1.807, 2.05) is 58.0 Å². The molecule has 0 fully saturated rings. The van der Waals surface area contributed by atoms with E-state index in [-0.39, 0.29) is 29.3 Å². The standard InChI is InChI=1S/C36H40FN3O5S/c1-26-15-21-30(22-16-26)46(43,44)40(31-13-9-10-14-33(31)45-5)25-34(41)39(24-28-17-19-29(37)20-18-28)32(35(42)38-36(2,3)4)23-27-11-7-6-8-12-27/h6-22,32H,23-25H2,1-5H3,(H,38,42)/t32-/m0/s1. The number of anilines is 1. The number of aryl methyl sites for hydroxylation is 1. The Hall–Kier alpha value is -4.70. The molecule has 0 bridgehead atoms. The highest BCUT2D eigenvalue weighted by atomic mass is 32.2. The smallest absolute Gasteiger partial charge is 0.264 e. The molecule has 0 spiro atoms. The fraction of sp³-hybridized carbons (Fsp3) is 0.278. The molecule has 2 amide bonds. The fourth-order valence-electron chi connectivity index (χ4n) is 4.98. The molecule has 1 atom stereocenters. The summed E-state index contributed by atoms with van der Waals surface area (Å²) < 4.78 is 48.8. The highest BCUT2D eigenvalue weighted by molar-refractivity contribution is 7.92. The molecule has 0 saturated heterocycles. The fourth-order valence-corrected chi connectivity index (χ4v) is 6.40. The molecule has 10 heteroatoms. The third-order valence-electron chi connectivity index (χ3n) is 7.28. The van der Waals surface area contributed by atoms with E-state index in [9.17, 15) is 22.4 Å². The van der Waals surface area contributed by atoms with Crippen molar-refractivity contribution in [2.24, 2.45) is 0 Å². The van der Waals surface area contributed by atoms with Gasteiger partial charge in [-0.2, -0.15) is 0 Å². The van der Waals surface area contributed by atoms with Gasteiger partial charge in [-0.1, -0.05) is 72.3 Å². The summed E-state index contributed by atoms with van der Waals surface area (Å²) in [7, 11) is -2.87. The molecule has 0 aliphatic heterocycles. The van der Waals surface area contributed by atoms with E-state index in [4.69, 9.17) is 4.74 Å². The van der Waals surface area contributed by atoms with E-state index in [0.29, 0.717) is 5.56 Å². The van der Waals surface area contributed by atoms with Gasteiger partial charge < -0.3 is 15.0 Å². The van der Waals surface area contributed by atoms with E-state index >= 15 is 0 Å². The molecular formula is C36H40FN3O5S. The topological polar surface area (TPSA) is 96.0 Å². The Morgan fingerprint density at radius 2 is 1.46 bits per heavy atom. The maximum absolute atomic E-state index is 14.6. The second kappa shape index (κ2) is 14.6. The second-order valence-corrected chi connectivity index (χ2v) is 14.0. The van der Waals surface area contributed by atoms with E-state index in [1.165, 1.54) is 48.4 Å². The maximum Gasteiger partial charge on any atom is 0.264 e. The van der Waals surface area contributed by atoms with Gasteiger partial charge in [-0.3, -0.25) is 13.9 Å². The van der Waals surface area contributed by atoms with Crippen molar-refractivity contribution in [3.63, 3.8) is 0 Å². The Balaban J connectivity index is 1.84. The zero-order valence-electron chi connectivity index (χ0n) is 26.7. The molecule has 4 aromatic carbocycles. The number of nitrogens with zero attached hydrogens (tertiary/aromatic N) is 2. The predicted octanol–water partition coefficient (Wildman–Crippen LogP) is 5.89. The molecule has 242 valence electrons. The molecule has 46 heavy (non-hydrogen) atoms. The zero-order chi connectivity index (χ0) is 33.5. The van der Waals surface area contributed by atoms with Crippen molar-refractivity contribution >= 4 is 27.5 Å². The number of nitrogens with one attached hydrogen (secondary N) is 1. The lowest BCUT2D eigenvalue weighted by atomic mass is 10.0. The van der Waals surface area contributed by atoms with Crippen molar-refractivity contribution in [2.75, 3.05) is 18.0 Å². The quantitative estimate of drug-likeness (QED) is 0.207. The molecule has 0 unspecified atom stereocenters. The van der Waals surface area contributed by atoms with E-state index in [0.717, 1.165) is 15.4 Å². The number of benzene rings is 4. The lowest BCUT2D eigenvalue weighted by Gasteiger charge is -2.35. The van der Waals surface area contributed by atoms with Gasteiger partial charge in [-0.05, 0) is 75.2 Å². The SMILES string of the molecule is COc1ccccc1N(CC(=O)N(Cc1ccc(F)cc1)[C@@H](Cc1ccccc1)C(=O)NC(C)(C)C)S(=O)(=O)c1ccc(C)cc1. The van der Waals surface area contributed by atoms with Crippen LogP contribution in [0.2, 0.25) is 0 Å². The number of amides is 2. The lowest BCUT2D eigenvalue weighted by Crippen LogP contribution is -2.56. The van der Waals surface area contributed by atoms with Crippen LogP contribution in [0, 0.1) is 12.7 Å². The third-order valence-corrected chi connectivity index (χ3v) is 9.05. The van der Waals surface area contributed by atoms with Crippen LogP contribution >= 0.6 is 0 Å². The molecule has 0 aromatic heterocycles. The van der Waals surface area contributed by atoms with Crippen molar-refractivity contribution < 1.29 is 27.1 Å². The van der Waals surface area contributed by atoms with Crippen LogP contribution in [-0.4, -0.2) is 50.4 Å². The second-order valence-electron chi connectivity index (χ2n) is 12.1. The highest BCUT2D eigenvalue weighted by Crippen LogP contribution is 2.33. The van der Waals surface area contributed by atoms with E-state index < -0.39 is 45.8 Å². The van der Waals surface area contributed by atoms with Gasteiger partial charge >= 0.3 is 0 Å². The zero-order valence-corrected chi connectivity index (χ0v) is 27.6. The van der Waals surface area contributed by atoms with Gasteiger partial charge in [0.05, 0.1) is 17.7 Å². The summed E-state index contributed by atoms with van der Waals surface area (Å²) in [6, 6.07) is 26.8. The Morgan fingerprint density at radius 1 is 0.848 bits per heavy atom. The number of hydrogen-bond donors (Lipinski definition) is 1. The van der Waals surface area contributed by atoms with Crippen LogP contribution in [0.3, 0.4) is 0 Å². The number of halogens is 1. The average molecular weight is 646 g/mol. The maximum atomic E-state index is 14.6. The molecule has 0 heterocycles. The van der Waals surface area contributed by atoms with Crippen LogP contribution in [-0.2, 0) is 32.6 Å². The van der Waals surface area contributed by atoms with Crippen LogP contribution in [0.5, 0.6) is 5.75 Å². The first kappa shape index (κ1) is 34.2. The van der Waals surface area contributed by atoms with Gasteiger partial charge in [-0.25, -0.2) is 12.8 Å². The minimum Gasteiger partial charge on any atom is -0.495 e. The Bertz CT molecular complexity index is 1740. The van der Waals surface area contributed by atoms with Crippen molar-refractivity contribution in [2.45, 2.75) is 57.1 Å². The molecule has 1 N–H and O–H groups in total. The number of ether oxygens (including phenoxy) is 1. The van der Waals surface area contributed by atoms with Crippen LogP contribution in [0.15, 0.2) is 108 Å². The molecule has 0 radical (unpaired) electrons. The molecule has 4 aromatic rings. The molecular weight excluding hydrogens is 605 g/mol. The van der Waals surface area contributed by atoms with Crippen LogP contribution in [0.4, 0.5) is 10.1 Å². The number of carbonyl (C=O) groups is 2.